The first-order chi connectivity index (χ1) is 8.29. The van der Waals surface area contributed by atoms with E-state index >= 15 is 0 Å². The second kappa shape index (κ2) is 6.01. The Hall–Kier alpha value is -1.09. The minimum Gasteiger partial charge on any atom is -0.494 e. The minimum atomic E-state index is -0.265. The SMILES string of the molecule is COc1ccc(CC2CCCCCN2)cc1F. The normalized spacial score (nSPS) is 20.9. The molecule has 17 heavy (non-hydrogen) atoms. The lowest BCUT2D eigenvalue weighted by atomic mass is 10.0. The van der Waals surface area contributed by atoms with Crippen LogP contribution in [0.25, 0.3) is 0 Å². The van der Waals surface area contributed by atoms with Crippen LogP contribution in [0.15, 0.2) is 18.2 Å². The maximum Gasteiger partial charge on any atom is 0.165 e. The summed E-state index contributed by atoms with van der Waals surface area (Å²) in [6.45, 7) is 1.09. The van der Waals surface area contributed by atoms with Gasteiger partial charge in [0, 0.05) is 6.04 Å². The van der Waals surface area contributed by atoms with Crippen molar-refractivity contribution >= 4 is 0 Å². The first-order valence-electron chi connectivity index (χ1n) is 6.35. The highest BCUT2D eigenvalue weighted by Crippen LogP contribution is 2.20. The van der Waals surface area contributed by atoms with Crippen LogP contribution < -0.4 is 10.1 Å². The summed E-state index contributed by atoms with van der Waals surface area (Å²) in [5, 5.41) is 3.52. The first kappa shape index (κ1) is 12.4. The molecule has 0 aliphatic carbocycles. The zero-order valence-corrected chi connectivity index (χ0v) is 10.3. The predicted molar refractivity (Wildman–Crippen MR) is 66.9 cm³/mol. The quantitative estimate of drug-likeness (QED) is 0.872. The van der Waals surface area contributed by atoms with Crippen molar-refractivity contribution in [2.45, 2.75) is 38.1 Å². The van der Waals surface area contributed by atoms with Gasteiger partial charge in [-0.15, -0.1) is 0 Å². The van der Waals surface area contributed by atoms with Gasteiger partial charge in [-0.3, -0.25) is 0 Å². The Labute approximate surface area is 102 Å². The fourth-order valence-electron chi connectivity index (χ4n) is 2.40. The summed E-state index contributed by atoms with van der Waals surface area (Å²) in [4.78, 5) is 0. The summed E-state index contributed by atoms with van der Waals surface area (Å²) in [6, 6.07) is 5.74. The fraction of sp³-hybridized carbons (Fsp3) is 0.571. The van der Waals surface area contributed by atoms with E-state index in [0.717, 1.165) is 18.5 Å². The van der Waals surface area contributed by atoms with Gasteiger partial charge in [0.05, 0.1) is 7.11 Å². The fourth-order valence-corrected chi connectivity index (χ4v) is 2.40. The second-order valence-corrected chi connectivity index (χ2v) is 4.67. The van der Waals surface area contributed by atoms with Crippen molar-refractivity contribution < 1.29 is 9.13 Å². The molecular formula is C14H20FNO. The van der Waals surface area contributed by atoms with E-state index in [1.807, 2.05) is 6.07 Å². The number of ether oxygens (including phenoxy) is 1. The van der Waals surface area contributed by atoms with Gasteiger partial charge < -0.3 is 10.1 Å². The predicted octanol–water partition coefficient (Wildman–Crippen LogP) is 2.91. The maximum absolute atomic E-state index is 13.5. The van der Waals surface area contributed by atoms with E-state index < -0.39 is 0 Å². The molecule has 0 saturated carbocycles. The molecule has 0 radical (unpaired) electrons. The van der Waals surface area contributed by atoms with Crippen molar-refractivity contribution in [2.24, 2.45) is 0 Å². The monoisotopic (exact) mass is 237 g/mol. The third kappa shape index (κ3) is 3.43. The van der Waals surface area contributed by atoms with Gasteiger partial charge in [0.15, 0.2) is 11.6 Å². The van der Waals surface area contributed by atoms with E-state index in [9.17, 15) is 4.39 Å². The molecule has 0 bridgehead atoms. The van der Waals surface area contributed by atoms with Gasteiger partial charge in [0.25, 0.3) is 0 Å². The lowest BCUT2D eigenvalue weighted by Crippen LogP contribution is -2.30. The minimum absolute atomic E-state index is 0.265. The van der Waals surface area contributed by atoms with Gasteiger partial charge in [-0.05, 0) is 43.5 Å². The molecule has 1 N–H and O–H groups in total. The van der Waals surface area contributed by atoms with Gasteiger partial charge in [-0.25, -0.2) is 4.39 Å². The lowest BCUT2D eigenvalue weighted by molar-refractivity contribution is 0.386. The maximum atomic E-state index is 13.5. The molecule has 1 fully saturated rings. The van der Waals surface area contributed by atoms with E-state index in [-0.39, 0.29) is 5.82 Å². The van der Waals surface area contributed by atoms with Crippen LogP contribution in [0.1, 0.15) is 31.2 Å². The van der Waals surface area contributed by atoms with Gasteiger partial charge in [-0.2, -0.15) is 0 Å². The smallest absolute Gasteiger partial charge is 0.165 e. The number of hydrogen-bond donors (Lipinski definition) is 1. The topological polar surface area (TPSA) is 21.3 Å². The van der Waals surface area contributed by atoms with Crippen molar-refractivity contribution in [3.05, 3.63) is 29.6 Å². The molecule has 2 rings (SSSR count). The first-order valence-corrected chi connectivity index (χ1v) is 6.35. The summed E-state index contributed by atoms with van der Waals surface area (Å²) in [5.74, 6) is 0.0567. The van der Waals surface area contributed by atoms with Crippen LogP contribution in [0.5, 0.6) is 5.75 Å². The van der Waals surface area contributed by atoms with E-state index in [2.05, 4.69) is 5.32 Å². The molecule has 1 heterocycles. The number of halogens is 1. The number of hydrogen-bond acceptors (Lipinski definition) is 2. The third-order valence-corrected chi connectivity index (χ3v) is 3.36. The molecule has 1 unspecified atom stereocenters. The molecule has 1 atom stereocenters. The van der Waals surface area contributed by atoms with Gasteiger partial charge in [0.2, 0.25) is 0 Å². The second-order valence-electron chi connectivity index (χ2n) is 4.67. The van der Waals surface area contributed by atoms with Crippen LogP contribution in [-0.2, 0) is 6.42 Å². The Kier molecular flexibility index (Phi) is 4.37. The summed E-state index contributed by atoms with van der Waals surface area (Å²) in [7, 11) is 1.49. The van der Waals surface area contributed by atoms with Gasteiger partial charge >= 0.3 is 0 Å². The average molecular weight is 237 g/mol. The van der Waals surface area contributed by atoms with Crippen molar-refractivity contribution in [1.29, 1.82) is 0 Å². The Morgan fingerprint density at radius 3 is 3.00 bits per heavy atom. The van der Waals surface area contributed by atoms with E-state index in [1.165, 1.54) is 32.8 Å². The Balaban J connectivity index is 1.99. The number of benzene rings is 1. The highest BCUT2D eigenvalue weighted by atomic mass is 19.1. The third-order valence-electron chi connectivity index (χ3n) is 3.36. The molecular weight excluding hydrogens is 217 g/mol. The lowest BCUT2D eigenvalue weighted by Gasteiger charge is -2.16. The Bertz CT molecular complexity index is 359. The molecule has 0 aromatic heterocycles. The molecule has 2 nitrogen and oxygen atoms in total. The van der Waals surface area contributed by atoms with Crippen molar-refractivity contribution in [1.82, 2.24) is 5.32 Å². The highest BCUT2D eigenvalue weighted by molar-refractivity contribution is 5.29. The van der Waals surface area contributed by atoms with Gasteiger partial charge in [0.1, 0.15) is 0 Å². The molecule has 1 aliphatic rings. The van der Waals surface area contributed by atoms with Crippen molar-refractivity contribution in [3.8, 4) is 5.75 Å². The van der Waals surface area contributed by atoms with Crippen LogP contribution in [0, 0.1) is 5.82 Å². The molecule has 94 valence electrons. The Morgan fingerprint density at radius 2 is 2.24 bits per heavy atom. The van der Waals surface area contributed by atoms with Gasteiger partial charge in [-0.1, -0.05) is 18.9 Å². The molecule has 3 heteroatoms. The average Bonchev–Trinajstić information content (AvgIpc) is 2.58. The standard InChI is InChI=1S/C14H20FNO/c1-17-14-7-6-11(10-13(14)15)9-12-5-3-2-4-8-16-12/h6-7,10,12,16H,2-5,8-9H2,1H3. The highest BCUT2D eigenvalue weighted by Gasteiger charge is 2.13. The number of nitrogens with one attached hydrogen (secondary N) is 1. The zero-order chi connectivity index (χ0) is 12.1. The van der Waals surface area contributed by atoms with Crippen LogP contribution in [-0.4, -0.2) is 19.7 Å². The molecule has 1 saturated heterocycles. The summed E-state index contributed by atoms with van der Waals surface area (Å²) in [5.41, 5.74) is 1.04. The van der Waals surface area contributed by atoms with Crippen LogP contribution in [0.2, 0.25) is 0 Å². The summed E-state index contributed by atoms with van der Waals surface area (Å²) < 4.78 is 18.5. The largest absolute Gasteiger partial charge is 0.494 e. The molecule has 1 aliphatic heterocycles. The number of rotatable bonds is 3. The number of methoxy groups -OCH3 is 1. The van der Waals surface area contributed by atoms with E-state index in [0.29, 0.717) is 11.8 Å². The molecule has 1 aromatic rings. The van der Waals surface area contributed by atoms with Crippen LogP contribution in [0.3, 0.4) is 0 Å². The Morgan fingerprint density at radius 1 is 1.35 bits per heavy atom. The summed E-state index contributed by atoms with van der Waals surface area (Å²) in [6.07, 6.45) is 5.93. The molecule has 1 aromatic carbocycles. The molecule has 0 amide bonds. The van der Waals surface area contributed by atoms with Crippen molar-refractivity contribution in [2.75, 3.05) is 13.7 Å². The van der Waals surface area contributed by atoms with E-state index in [1.54, 1.807) is 12.1 Å². The molecule has 0 spiro atoms. The van der Waals surface area contributed by atoms with E-state index in [4.69, 9.17) is 4.74 Å². The van der Waals surface area contributed by atoms with Crippen LogP contribution >= 0.6 is 0 Å². The van der Waals surface area contributed by atoms with Crippen LogP contribution in [0.4, 0.5) is 4.39 Å². The summed E-state index contributed by atoms with van der Waals surface area (Å²) >= 11 is 0. The zero-order valence-electron chi connectivity index (χ0n) is 10.3. The van der Waals surface area contributed by atoms with Crippen molar-refractivity contribution in [3.63, 3.8) is 0 Å².